The third kappa shape index (κ3) is 2.91. The Balaban J connectivity index is 1.89. The highest BCUT2D eigenvalue weighted by Crippen LogP contribution is 2.31. The number of fused-ring (bicyclic) bond motifs is 1. The molecule has 0 aliphatic carbocycles. The van der Waals surface area contributed by atoms with Crippen LogP contribution in [0, 0.1) is 0 Å². The van der Waals surface area contributed by atoms with Crippen molar-refractivity contribution in [3.05, 3.63) is 24.3 Å². The lowest BCUT2D eigenvalue weighted by Crippen LogP contribution is -2.48. The summed E-state index contributed by atoms with van der Waals surface area (Å²) < 4.78 is 0. The van der Waals surface area contributed by atoms with Gasteiger partial charge in [-0.15, -0.1) is 0 Å². The molecule has 2 aliphatic rings. The summed E-state index contributed by atoms with van der Waals surface area (Å²) >= 11 is 0. The zero-order chi connectivity index (χ0) is 19.1. The van der Waals surface area contributed by atoms with Crippen molar-refractivity contribution in [2.24, 2.45) is 0 Å². The van der Waals surface area contributed by atoms with Crippen LogP contribution in [0.2, 0.25) is 0 Å². The van der Waals surface area contributed by atoms with Crippen LogP contribution in [0.4, 0.5) is 16.2 Å². The van der Waals surface area contributed by atoms with Crippen LogP contribution in [0.1, 0.15) is 33.6 Å². The molecule has 2 aliphatic heterocycles. The molecule has 2 N–H and O–H groups in total. The van der Waals surface area contributed by atoms with Crippen molar-refractivity contribution in [2.45, 2.75) is 45.2 Å². The van der Waals surface area contributed by atoms with Gasteiger partial charge in [0.05, 0.1) is 11.4 Å². The van der Waals surface area contributed by atoms with Gasteiger partial charge in [0.2, 0.25) is 11.8 Å². The largest absolute Gasteiger partial charge is 0.325 e. The molecule has 8 heteroatoms. The maximum absolute atomic E-state index is 13.0. The van der Waals surface area contributed by atoms with E-state index < -0.39 is 29.4 Å². The molecule has 0 saturated carbocycles. The first kappa shape index (κ1) is 17.9. The van der Waals surface area contributed by atoms with E-state index in [4.69, 9.17) is 0 Å². The molecule has 26 heavy (non-hydrogen) atoms. The lowest BCUT2D eigenvalue weighted by Gasteiger charge is -2.29. The summed E-state index contributed by atoms with van der Waals surface area (Å²) in [5, 5.41) is 5.42. The molecule has 2 heterocycles. The smallest absolute Gasteiger partial charge is 0.324 e. The van der Waals surface area contributed by atoms with Crippen LogP contribution >= 0.6 is 0 Å². The molecular formula is C18H22N4O4. The first-order valence-corrected chi connectivity index (χ1v) is 8.62. The molecule has 0 radical (unpaired) electrons. The minimum absolute atomic E-state index is 0.132. The minimum atomic E-state index is -0.989. The molecule has 1 aromatic rings. The summed E-state index contributed by atoms with van der Waals surface area (Å²) in [6.07, 6.45) is 0.566. The highest BCUT2D eigenvalue weighted by Gasteiger charge is 2.47. The summed E-state index contributed by atoms with van der Waals surface area (Å²) in [5.41, 5.74) is 0.101. The van der Waals surface area contributed by atoms with Gasteiger partial charge in [-0.2, -0.15) is 0 Å². The van der Waals surface area contributed by atoms with Crippen LogP contribution in [0.5, 0.6) is 0 Å². The first-order chi connectivity index (χ1) is 12.3. The van der Waals surface area contributed by atoms with Crippen LogP contribution in [-0.4, -0.2) is 46.8 Å². The molecule has 0 bridgehead atoms. The maximum atomic E-state index is 13.0. The van der Waals surface area contributed by atoms with E-state index in [1.807, 2.05) is 0 Å². The van der Waals surface area contributed by atoms with E-state index in [1.54, 1.807) is 45.0 Å². The molecule has 0 aromatic heterocycles. The van der Waals surface area contributed by atoms with E-state index in [0.717, 1.165) is 4.90 Å². The van der Waals surface area contributed by atoms with Crippen molar-refractivity contribution >= 4 is 35.1 Å². The number of nitrogens with one attached hydrogen (secondary N) is 2. The average molecular weight is 358 g/mol. The number of nitrogens with zero attached hydrogens (tertiary/aromatic N) is 2. The van der Waals surface area contributed by atoms with E-state index in [-0.39, 0.29) is 18.9 Å². The Morgan fingerprint density at radius 3 is 2.62 bits per heavy atom. The molecule has 1 aromatic carbocycles. The third-order valence-corrected chi connectivity index (χ3v) is 4.97. The van der Waals surface area contributed by atoms with Crippen molar-refractivity contribution < 1.29 is 19.2 Å². The second-order valence-corrected chi connectivity index (χ2v) is 6.89. The Hall–Kier alpha value is -2.90. The summed E-state index contributed by atoms with van der Waals surface area (Å²) in [6.45, 7) is 4.84. The van der Waals surface area contributed by atoms with E-state index in [1.165, 1.54) is 4.90 Å². The van der Waals surface area contributed by atoms with Gasteiger partial charge in [0.1, 0.15) is 12.1 Å². The standard InChI is InChI=1S/C18H22N4O4/c1-4-18(3)16(25)21(17(26)20-18)10-15(24)22-11(2)9-14(23)19-12-7-5-6-8-13(12)22/h5-8,11H,4,9-10H2,1-3H3,(H,19,23)(H,20,26)/t11-,18-/m0/s1. The molecule has 1 fully saturated rings. The number of anilines is 2. The van der Waals surface area contributed by atoms with Gasteiger partial charge in [0.15, 0.2) is 0 Å². The van der Waals surface area contributed by atoms with Gasteiger partial charge >= 0.3 is 6.03 Å². The average Bonchev–Trinajstić information content (AvgIpc) is 2.73. The molecule has 0 spiro atoms. The molecule has 5 amide bonds. The lowest BCUT2D eigenvalue weighted by atomic mass is 9.99. The predicted molar refractivity (Wildman–Crippen MR) is 95.6 cm³/mol. The minimum Gasteiger partial charge on any atom is -0.324 e. The fourth-order valence-corrected chi connectivity index (χ4v) is 3.31. The normalized spacial score (nSPS) is 25.5. The number of hydrogen-bond donors (Lipinski definition) is 2. The number of para-hydroxylation sites is 2. The predicted octanol–water partition coefficient (Wildman–Crippen LogP) is 1.47. The Labute approximate surface area is 151 Å². The number of carbonyl (C=O) groups is 4. The van der Waals surface area contributed by atoms with Crippen LogP contribution in [-0.2, 0) is 14.4 Å². The maximum Gasteiger partial charge on any atom is 0.325 e. The van der Waals surface area contributed by atoms with Gasteiger partial charge in [0, 0.05) is 12.5 Å². The zero-order valence-electron chi connectivity index (χ0n) is 15.0. The monoisotopic (exact) mass is 358 g/mol. The number of amides is 5. The Morgan fingerprint density at radius 2 is 1.96 bits per heavy atom. The first-order valence-electron chi connectivity index (χ1n) is 8.62. The van der Waals surface area contributed by atoms with Crippen LogP contribution in [0.3, 0.4) is 0 Å². The topological polar surface area (TPSA) is 98.8 Å². The highest BCUT2D eigenvalue weighted by atomic mass is 16.2. The molecule has 2 atom stereocenters. The van der Waals surface area contributed by atoms with E-state index >= 15 is 0 Å². The van der Waals surface area contributed by atoms with Crippen molar-refractivity contribution in [2.75, 3.05) is 16.8 Å². The number of urea groups is 1. The van der Waals surface area contributed by atoms with Gasteiger partial charge in [-0.25, -0.2) is 4.79 Å². The zero-order valence-corrected chi connectivity index (χ0v) is 15.0. The van der Waals surface area contributed by atoms with Gasteiger partial charge in [0.25, 0.3) is 5.91 Å². The van der Waals surface area contributed by atoms with Gasteiger partial charge in [-0.05, 0) is 32.4 Å². The SMILES string of the molecule is CC[C@]1(C)NC(=O)N(CC(=O)N2c3ccccc3NC(=O)C[C@@H]2C)C1=O. The fraction of sp³-hybridized carbons (Fsp3) is 0.444. The summed E-state index contributed by atoms with van der Waals surface area (Å²) in [4.78, 5) is 52.2. The molecular weight excluding hydrogens is 336 g/mol. The van der Waals surface area contributed by atoms with Gasteiger partial charge in [-0.1, -0.05) is 19.1 Å². The van der Waals surface area contributed by atoms with Crippen molar-refractivity contribution in [3.63, 3.8) is 0 Å². The Bertz CT molecular complexity index is 793. The highest BCUT2D eigenvalue weighted by molar-refractivity contribution is 6.11. The number of benzene rings is 1. The summed E-state index contributed by atoms with van der Waals surface area (Å²) in [5.74, 6) is -1.01. The van der Waals surface area contributed by atoms with E-state index in [9.17, 15) is 19.2 Å². The molecule has 138 valence electrons. The summed E-state index contributed by atoms with van der Waals surface area (Å²) in [6, 6.07) is 6.01. The van der Waals surface area contributed by atoms with Crippen LogP contribution < -0.4 is 15.5 Å². The molecule has 8 nitrogen and oxygen atoms in total. The van der Waals surface area contributed by atoms with Crippen LogP contribution in [0.25, 0.3) is 0 Å². The van der Waals surface area contributed by atoms with Crippen molar-refractivity contribution in [1.29, 1.82) is 0 Å². The second kappa shape index (κ2) is 6.44. The van der Waals surface area contributed by atoms with Crippen LogP contribution in [0.15, 0.2) is 24.3 Å². The van der Waals surface area contributed by atoms with Gasteiger partial charge < -0.3 is 15.5 Å². The van der Waals surface area contributed by atoms with Crippen molar-refractivity contribution in [3.8, 4) is 0 Å². The fourth-order valence-electron chi connectivity index (χ4n) is 3.31. The van der Waals surface area contributed by atoms with Gasteiger partial charge in [-0.3, -0.25) is 19.3 Å². The second-order valence-electron chi connectivity index (χ2n) is 6.89. The quantitative estimate of drug-likeness (QED) is 0.799. The number of rotatable bonds is 3. The Morgan fingerprint density at radius 1 is 1.27 bits per heavy atom. The lowest BCUT2D eigenvalue weighted by molar-refractivity contribution is -0.134. The molecule has 3 rings (SSSR count). The van der Waals surface area contributed by atoms with E-state index in [0.29, 0.717) is 17.8 Å². The number of carbonyl (C=O) groups excluding carboxylic acids is 4. The van der Waals surface area contributed by atoms with E-state index in [2.05, 4.69) is 10.6 Å². The van der Waals surface area contributed by atoms with Crippen molar-refractivity contribution in [1.82, 2.24) is 10.2 Å². The third-order valence-electron chi connectivity index (χ3n) is 4.97. The molecule has 0 unspecified atom stereocenters. The Kier molecular flexibility index (Phi) is 4.43. The number of imide groups is 1. The number of hydrogen-bond acceptors (Lipinski definition) is 4. The summed E-state index contributed by atoms with van der Waals surface area (Å²) in [7, 11) is 0. The molecule has 1 saturated heterocycles.